The van der Waals surface area contributed by atoms with Crippen molar-refractivity contribution in [3.8, 4) is 0 Å². The van der Waals surface area contributed by atoms with Crippen LogP contribution < -0.4 is 10.2 Å². The SMILES string of the molecule is COCCCN1CC[C@H](CNC(=O)N2CCN(c3cccnc3)CC2)C1. The van der Waals surface area contributed by atoms with E-state index in [0.717, 1.165) is 71.1 Å². The van der Waals surface area contributed by atoms with Gasteiger partial charge in [-0.25, -0.2) is 4.79 Å². The molecule has 7 nitrogen and oxygen atoms in total. The summed E-state index contributed by atoms with van der Waals surface area (Å²) in [6, 6.07) is 4.10. The summed E-state index contributed by atoms with van der Waals surface area (Å²) in [7, 11) is 1.75. The monoisotopic (exact) mass is 361 g/mol. The molecule has 1 N–H and O–H groups in total. The Morgan fingerprint density at radius 3 is 2.88 bits per heavy atom. The van der Waals surface area contributed by atoms with E-state index in [-0.39, 0.29) is 6.03 Å². The molecule has 2 aliphatic heterocycles. The summed E-state index contributed by atoms with van der Waals surface area (Å²) in [5, 5.41) is 3.14. The Kier molecular flexibility index (Phi) is 7.08. The van der Waals surface area contributed by atoms with Crippen molar-refractivity contribution in [1.29, 1.82) is 0 Å². The Hall–Kier alpha value is -1.86. The van der Waals surface area contributed by atoms with E-state index in [1.54, 1.807) is 13.3 Å². The largest absolute Gasteiger partial charge is 0.385 e. The first kappa shape index (κ1) is 18.9. The normalized spacial score (nSPS) is 21.2. The van der Waals surface area contributed by atoms with Gasteiger partial charge in [0.25, 0.3) is 0 Å². The third-order valence-electron chi connectivity index (χ3n) is 5.31. The molecule has 26 heavy (non-hydrogen) atoms. The minimum Gasteiger partial charge on any atom is -0.385 e. The number of aromatic nitrogens is 1. The number of ether oxygens (including phenoxy) is 1. The Labute approximate surface area is 156 Å². The second-order valence-corrected chi connectivity index (χ2v) is 7.17. The number of anilines is 1. The Bertz CT molecular complexity index is 548. The summed E-state index contributed by atoms with van der Waals surface area (Å²) in [5.74, 6) is 0.568. The van der Waals surface area contributed by atoms with E-state index in [4.69, 9.17) is 4.74 Å². The highest BCUT2D eigenvalue weighted by atomic mass is 16.5. The molecule has 2 aliphatic rings. The van der Waals surface area contributed by atoms with Gasteiger partial charge in [0.05, 0.1) is 11.9 Å². The first-order chi connectivity index (χ1) is 12.8. The van der Waals surface area contributed by atoms with Crippen LogP contribution in [0.5, 0.6) is 0 Å². The van der Waals surface area contributed by atoms with E-state index < -0.39 is 0 Å². The van der Waals surface area contributed by atoms with Crippen LogP contribution in [-0.4, -0.2) is 86.9 Å². The predicted octanol–water partition coefficient (Wildman–Crippen LogP) is 1.27. The number of rotatable bonds is 7. The molecule has 144 valence electrons. The summed E-state index contributed by atoms with van der Waals surface area (Å²) in [5.41, 5.74) is 1.13. The summed E-state index contributed by atoms with van der Waals surface area (Å²) in [6.07, 6.45) is 5.92. The first-order valence-corrected chi connectivity index (χ1v) is 9.65. The maximum atomic E-state index is 12.4. The number of nitrogens with zero attached hydrogens (tertiary/aromatic N) is 4. The summed E-state index contributed by atoms with van der Waals surface area (Å²) < 4.78 is 5.11. The van der Waals surface area contributed by atoms with Crippen LogP contribution in [0.15, 0.2) is 24.5 Å². The van der Waals surface area contributed by atoms with E-state index in [9.17, 15) is 4.79 Å². The molecule has 3 rings (SSSR count). The van der Waals surface area contributed by atoms with Crippen LogP contribution in [0.25, 0.3) is 0 Å². The fraction of sp³-hybridized carbons (Fsp3) is 0.684. The number of nitrogens with one attached hydrogen (secondary N) is 1. The smallest absolute Gasteiger partial charge is 0.317 e. The molecule has 7 heteroatoms. The van der Waals surface area contributed by atoms with Gasteiger partial charge in [0.2, 0.25) is 0 Å². The first-order valence-electron chi connectivity index (χ1n) is 9.65. The molecule has 1 atom stereocenters. The van der Waals surface area contributed by atoms with Gasteiger partial charge in [-0.3, -0.25) is 4.98 Å². The quantitative estimate of drug-likeness (QED) is 0.741. The van der Waals surface area contributed by atoms with E-state index in [1.807, 2.05) is 17.2 Å². The maximum Gasteiger partial charge on any atom is 0.317 e. The molecule has 0 saturated carbocycles. The lowest BCUT2D eigenvalue weighted by molar-refractivity contribution is 0.177. The molecule has 1 aromatic heterocycles. The highest BCUT2D eigenvalue weighted by molar-refractivity contribution is 5.74. The second kappa shape index (κ2) is 9.73. The van der Waals surface area contributed by atoms with Crippen molar-refractivity contribution < 1.29 is 9.53 Å². The molecular weight excluding hydrogens is 330 g/mol. The number of hydrogen-bond acceptors (Lipinski definition) is 5. The van der Waals surface area contributed by atoms with Gasteiger partial charge in [-0.15, -0.1) is 0 Å². The topological polar surface area (TPSA) is 60.9 Å². The van der Waals surface area contributed by atoms with E-state index >= 15 is 0 Å². The van der Waals surface area contributed by atoms with Crippen LogP contribution in [0.4, 0.5) is 10.5 Å². The lowest BCUT2D eigenvalue weighted by Crippen LogP contribution is -2.52. The lowest BCUT2D eigenvalue weighted by Gasteiger charge is -2.36. The average Bonchev–Trinajstić information content (AvgIpc) is 3.15. The molecule has 0 bridgehead atoms. The molecule has 0 unspecified atom stereocenters. The van der Waals surface area contributed by atoms with Crippen LogP contribution in [0.1, 0.15) is 12.8 Å². The molecule has 0 aromatic carbocycles. The fourth-order valence-electron chi connectivity index (χ4n) is 3.77. The van der Waals surface area contributed by atoms with Crippen molar-refractivity contribution in [2.75, 3.05) is 71.0 Å². The Morgan fingerprint density at radius 2 is 2.15 bits per heavy atom. The van der Waals surface area contributed by atoms with Crippen molar-refractivity contribution in [3.63, 3.8) is 0 Å². The molecule has 0 radical (unpaired) electrons. The summed E-state index contributed by atoms with van der Waals surface area (Å²) in [6.45, 7) is 8.14. The van der Waals surface area contributed by atoms with Gasteiger partial charge in [-0.2, -0.15) is 0 Å². The van der Waals surface area contributed by atoms with Crippen LogP contribution in [-0.2, 0) is 4.74 Å². The summed E-state index contributed by atoms with van der Waals surface area (Å²) in [4.78, 5) is 23.3. The molecule has 1 aromatic rings. The van der Waals surface area contributed by atoms with Crippen molar-refractivity contribution in [2.24, 2.45) is 5.92 Å². The van der Waals surface area contributed by atoms with Crippen molar-refractivity contribution in [2.45, 2.75) is 12.8 Å². The zero-order valence-electron chi connectivity index (χ0n) is 15.8. The molecule has 2 fully saturated rings. The Balaban J connectivity index is 1.33. The number of amides is 2. The van der Waals surface area contributed by atoms with Crippen LogP contribution in [0.3, 0.4) is 0 Å². The van der Waals surface area contributed by atoms with E-state index in [2.05, 4.69) is 26.2 Å². The Morgan fingerprint density at radius 1 is 1.31 bits per heavy atom. The number of hydrogen-bond donors (Lipinski definition) is 1. The van der Waals surface area contributed by atoms with Gasteiger partial charge in [0, 0.05) is 65.7 Å². The third-order valence-corrected chi connectivity index (χ3v) is 5.31. The zero-order valence-corrected chi connectivity index (χ0v) is 15.8. The highest BCUT2D eigenvalue weighted by Gasteiger charge is 2.25. The van der Waals surface area contributed by atoms with Crippen molar-refractivity contribution in [1.82, 2.24) is 20.1 Å². The van der Waals surface area contributed by atoms with Crippen LogP contribution in [0, 0.1) is 5.92 Å². The van der Waals surface area contributed by atoms with Gasteiger partial charge in [0.15, 0.2) is 0 Å². The molecule has 3 heterocycles. The molecular formula is C19H31N5O2. The number of pyridine rings is 1. The van der Waals surface area contributed by atoms with Crippen molar-refractivity contribution in [3.05, 3.63) is 24.5 Å². The van der Waals surface area contributed by atoms with Gasteiger partial charge in [-0.05, 0) is 37.4 Å². The molecule has 2 saturated heterocycles. The lowest BCUT2D eigenvalue weighted by atomic mass is 10.1. The number of urea groups is 1. The van der Waals surface area contributed by atoms with Crippen LogP contribution >= 0.6 is 0 Å². The number of likely N-dealkylation sites (tertiary alicyclic amines) is 1. The van der Waals surface area contributed by atoms with Gasteiger partial charge < -0.3 is 24.8 Å². The number of methoxy groups -OCH3 is 1. The zero-order chi connectivity index (χ0) is 18.2. The highest BCUT2D eigenvalue weighted by Crippen LogP contribution is 2.16. The van der Waals surface area contributed by atoms with Gasteiger partial charge in [-0.1, -0.05) is 0 Å². The number of carbonyl (C=O) groups excluding carboxylic acids is 1. The molecule has 0 aliphatic carbocycles. The molecule has 2 amide bonds. The fourth-order valence-corrected chi connectivity index (χ4v) is 3.77. The minimum absolute atomic E-state index is 0.0775. The average molecular weight is 361 g/mol. The number of carbonyl (C=O) groups is 1. The van der Waals surface area contributed by atoms with E-state index in [0.29, 0.717) is 5.92 Å². The van der Waals surface area contributed by atoms with Crippen molar-refractivity contribution >= 4 is 11.7 Å². The minimum atomic E-state index is 0.0775. The third kappa shape index (κ3) is 5.32. The van der Waals surface area contributed by atoms with Crippen LogP contribution in [0.2, 0.25) is 0 Å². The predicted molar refractivity (Wildman–Crippen MR) is 102 cm³/mol. The van der Waals surface area contributed by atoms with Gasteiger partial charge >= 0.3 is 6.03 Å². The summed E-state index contributed by atoms with van der Waals surface area (Å²) >= 11 is 0. The standard InChI is InChI=1S/C19H31N5O2/c1-26-13-3-7-22-8-5-17(16-22)14-21-19(25)24-11-9-23(10-12-24)18-4-2-6-20-15-18/h2,4,6,15,17H,3,5,7-14,16H2,1H3,(H,21,25)/t17-/m1/s1. The van der Waals surface area contributed by atoms with E-state index in [1.165, 1.54) is 6.42 Å². The molecule has 0 spiro atoms. The maximum absolute atomic E-state index is 12.4. The van der Waals surface area contributed by atoms with Gasteiger partial charge in [0.1, 0.15) is 0 Å². The second-order valence-electron chi connectivity index (χ2n) is 7.17. The number of piperazine rings is 1.